The van der Waals surface area contributed by atoms with Crippen LogP contribution < -0.4 is 5.73 Å². The van der Waals surface area contributed by atoms with Crippen LogP contribution in [0.4, 0.5) is 0 Å². The van der Waals surface area contributed by atoms with Crippen molar-refractivity contribution in [1.29, 1.82) is 0 Å². The first-order valence-corrected chi connectivity index (χ1v) is 6.81. The Morgan fingerprint density at radius 2 is 1.71 bits per heavy atom. The fraction of sp³-hybridized carbons (Fsp3) is 1.00. The first-order chi connectivity index (χ1) is 8.18. The van der Waals surface area contributed by atoms with Crippen LogP contribution in [0.3, 0.4) is 0 Å². The lowest BCUT2D eigenvalue weighted by Gasteiger charge is -2.38. The van der Waals surface area contributed by atoms with E-state index in [1.165, 1.54) is 12.8 Å². The molecule has 0 aliphatic carbocycles. The highest BCUT2D eigenvalue weighted by molar-refractivity contribution is 4.89. The van der Waals surface area contributed by atoms with E-state index in [0.717, 1.165) is 58.3 Å². The molecule has 0 amide bonds. The van der Waals surface area contributed by atoms with Crippen LogP contribution in [0.25, 0.3) is 0 Å². The van der Waals surface area contributed by atoms with Crippen LogP contribution in [0, 0.1) is 5.92 Å². The zero-order valence-electron chi connectivity index (χ0n) is 11.0. The van der Waals surface area contributed by atoms with Crippen molar-refractivity contribution in [1.82, 2.24) is 4.90 Å². The quantitative estimate of drug-likeness (QED) is 0.794. The lowest BCUT2D eigenvalue weighted by molar-refractivity contribution is 0.0293. The molecule has 2 fully saturated rings. The van der Waals surface area contributed by atoms with Gasteiger partial charge in [0.2, 0.25) is 0 Å². The third kappa shape index (κ3) is 4.21. The average Bonchev–Trinajstić information content (AvgIpc) is 2.30. The van der Waals surface area contributed by atoms with Crippen molar-refractivity contribution in [2.75, 3.05) is 46.6 Å². The normalized spacial score (nSPS) is 26.3. The van der Waals surface area contributed by atoms with E-state index in [0.29, 0.717) is 0 Å². The van der Waals surface area contributed by atoms with Gasteiger partial charge in [-0.25, -0.2) is 0 Å². The molecule has 0 atom stereocenters. The Labute approximate surface area is 104 Å². The molecule has 2 saturated heterocycles. The van der Waals surface area contributed by atoms with Crippen molar-refractivity contribution in [3.05, 3.63) is 0 Å². The van der Waals surface area contributed by atoms with E-state index in [4.69, 9.17) is 15.2 Å². The predicted molar refractivity (Wildman–Crippen MR) is 68.0 cm³/mol. The second-order valence-electron chi connectivity index (χ2n) is 5.73. The predicted octanol–water partition coefficient (Wildman–Crippen LogP) is 0.853. The van der Waals surface area contributed by atoms with Gasteiger partial charge in [-0.05, 0) is 38.6 Å². The summed E-state index contributed by atoms with van der Waals surface area (Å²) >= 11 is 0. The van der Waals surface area contributed by atoms with Crippen molar-refractivity contribution < 1.29 is 9.47 Å². The molecular weight excluding hydrogens is 216 g/mol. The number of ether oxygens (including phenoxy) is 2. The smallest absolute Gasteiger partial charge is 0.0484 e. The Morgan fingerprint density at radius 1 is 1.12 bits per heavy atom. The molecule has 17 heavy (non-hydrogen) atoms. The number of nitrogens with two attached hydrogens (primary N) is 1. The molecule has 2 aliphatic heterocycles. The summed E-state index contributed by atoms with van der Waals surface area (Å²) in [4.78, 5) is 2.40. The Kier molecular flexibility index (Phi) is 4.79. The summed E-state index contributed by atoms with van der Waals surface area (Å²) in [6.45, 7) is 5.65. The topological polar surface area (TPSA) is 47.7 Å². The average molecular weight is 242 g/mol. The lowest BCUT2D eigenvalue weighted by Crippen LogP contribution is -2.53. The molecule has 0 aromatic carbocycles. The SMILES string of the molecule is CN(CC1CCOCC1)CC1(N)CCOCC1. The van der Waals surface area contributed by atoms with Crippen LogP contribution in [0.15, 0.2) is 0 Å². The summed E-state index contributed by atoms with van der Waals surface area (Å²) in [5.74, 6) is 0.789. The van der Waals surface area contributed by atoms with Crippen LogP contribution >= 0.6 is 0 Å². The molecule has 2 N–H and O–H groups in total. The van der Waals surface area contributed by atoms with Crippen molar-refractivity contribution in [3.63, 3.8) is 0 Å². The number of rotatable bonds is 4. The van der Waals surface area contributed by atoms with E-state index < -0.39 is 0 Å². The molecule has 0 saturated carbocycles. The Morgan fingerprint density at radius 3 is 2.35 bits per heavy atom. The number of hydrogen-bond donors (Lipinski definition) is 1. The van der Waals surface area contributed by atoms with Crippen LogP contribution in [-0.4, -0.2) is 57.0 Å². The van der Waals surface area contributed by atoms with Gasteiger partial charge in [0.1, 0.15) is 0 Å². The summed E-state index contributed by atoms with van der Waals surface area (Å²) in [5, 5.41) is 0. The third-order valence-corrected chi connectivity index (χ3v) is 3.98. The van der Waals surface area contributed by atoms with E-state index in [1.54, 1.807) is 0 Å². The van der Waals surface area contributed by atoms with Crippen LogP contribution in [-0.2, 0) is 9.47 Å². The monoisotopic (exact) mass is 242 g/mol. The summed E-state index contributed by atoms with van der Waals surface area (Å²) in [5.41, 5.74) is 6.39. The molecule has 0 aromatic rings. The fourth-order valence-electron chi connectivity index (χ4n) is 2.91. The van der Waals surface area contributed by atoms with E-state index in [2.05, 4.69) is 11.9 Å². The Hall–Kier alpha value is -0.160. The first-order valence-electron chi connectivity index (χ1n) is 6.81. The Balaban J connectivity index is 1.73. The van der Waals surface area contributed by atoms with Crippen molar-refractivity contribution in [2.24, 2.45) is 11.7 Å². The van der Waals surface area contributed by atoms with Gasteiger partial charge in [-0.2, -0.15) is 0 Å². The first kappa shape index (κ1) is 13.3. The minimum absolute atomic E-state index is 0.0296. The maximum atomic E-state index is 6.42. The van der Waals surface area contributed by atoms with Gasteiger partial charge in [0.15, 0.2) is 0 Å². The van der Waals surface area contributed by atoms with Crippen LogP contribution in [0.2, 0.25) is 0 Å². The van der Waals surface area contributed by atoms with Gasteiger partial charge < -0.3 is 20.1 Å². The molecular formula is C13H26N2O2. The summed E-state index contributed by atoms with van der Waals surface area (Å²) < 4.78 is 10.8. The molecule has 2 aliphatic rings. The minimum Gasteiger partial charge on any atom is -0.381 e. The molecule has 100 valence electrons. The van der Waals surface area contributed by atoms with Gasteiger partial charge in [0.25, 0.3) is 0 Å². The molecule has 0 aromatic heterocycles. The molecule has 0 bridgehead atoms. The molecule has 4 heteroatoms. The molecule has 2 heterocycles. The second-order valence-corrected chi connectivity index (χ2v) is 5.73. The molecule has 4 nitrogen and oxygen atoms in total. The number of hydrogen-bond acceptors (Lipinski definition) is 4. The van der Waals surface area contributed by atoms with Gasteiger partial charge in [0, 0.05) is 45.1 Å². The largest absolute Gasteiger partial charge is 0.381 e. The zero-order valence-corrected chi connectivity index (χ0v) is 11.0. The van der Waals surface area contributed by atoms with Crippen molar-refractivity contribution >= 4 is 0 Å². The lowest BCUT2D eigenvalue weighted by atomic mass is 9.90. The van der Waals surface area contributed by atoms with E-state index in [1.807, 2.05) is 0 Å². The summed E-state index contributed by atoms with van der Waals surface area (Å²) in [7, 11) is 2.19. The fourth-order valence-corrected chi connectivity index (χ4v) is 2.91. The molecule has 0 radical (unpaired) electrons. The number of nitrogens with zero attached hydrogens (tertiary/aromatic N) is 1. The summed E-state index contributed by atoms with van der Waals surface area (Å²) in [6, 6.07) is 0. The molecule has 0 unspecified atom stereocenters. The highest BCUT2D eigenvalue weighted by atomic mass is 16.5. The molecule has 2 rings (SSSR count). The van der Waals surface area contributed by atoms with E-state index in [-0.39, 0.29) is 5.54 Å². The Bertz CT molecular complexity index is 223. The van der Waals surface area contributed by atoms with E-state index >= 15 is 0 Å². The van der Waals surface area contributed by atoms with Gasteiger partial charge in [-0.3, -0.25) is 0 Å². The van der Waals surface area contributed by atoms with Crippen molar-refractivity contribution in [3.8, 4) is 0 Å². The van der Waals surface area contributed by atoms with Gasteiger partial charge in [-0.15, -0.1) is 0 Å². The third-order valence-electron chi connectivity index (χ3n) is 3.98. The highest BCUT2D eigenvalue weighted by Gasteiger charge is 2.29. The van der Waals surface area contributed by atoms with Gasteiger partial charge in [-0.1, -0.05) is 0 Å². The summed E-state index contributed by atoms with van der Waals surface area (Å²) in [6.07, 6.45) is 4.38. The second kappa shape index (κ2) is 6.14. The number of likely N-dealkylation sites (N-methyl/N-ethyl adjacent to an activating group) is 1. The maximum Gasteiger partial charge on any atom is 0.0484 e. The standard InChI is InChI=1S/C13H26N2O2/c1-15(10-12-2-6-16-7-3-12)11-13(14)4-8-17-9-5-13/h12H,2-11,14H2,1H3. The highest BCUT2D eigenvalue weighted by Crippen LogP contribution is 2.21. The van der Waals surface area contributed by atoms with Gasteiger partial charge in [0.05, 0.1) is 0 Å². The van der Waals surface area contributed by atoms with Crippen LogP contribution in [0.5, 0.6) is 0 Å². The van der Waals surface area contributed by atoms with Gasteiger partial charge >= 0.3 is 0 Å². The molecule has 0 spiro atoms. The van der Waals surface area contributed by atoms with Crippen molar-refractivity contribution in [2.45, 2.75) is 31.2 Å². The minimum atomic E-state index is -0.0296. The zero-order chi connectivity index (χ0) is 12.1. The maximum absolute atomic E-state index is 6.42. The van der Waals surface area contributed by atoms with E-state index in [9.17, 15) is 0 Å². The van der Waals surface area contributed by atoms with Crippen LogP contribution in [0.1, 0.15) is 25.7 Å².